The van der Waals surface area contributed by atoms with Crippen molar-refractivity contribution in [3.05, 3.63) is 29.7 Å². The molecule has 4 N–H and O–H groups in total. The molecule has 0 aliphatic rings. The van der Waals surface area contributed by atoms with Crippen LogP contribution in [0, 0.1) is 6.92 Å². The van der Waals surface area contributed by atoms with Crippen molar-refractivity contribution >= 4 is 41.5 Å². The van der Waals surface area contributed by atoms with Crippen molar-refractivity contribution in [2.75, 3.05) is 13.2 Å². The van der Waals surface area contributed by atoms with E-state index in [9.17, 15) is 0 Å². The largest absolute Gasteiger partial charge is 0.494 e. The normalized spacial score (nSPS) is 11.8. The number of nitrogens with two attached hydrogens (primary N) is 2. The molecule has 3 rings (SSSR count). The van der Waals surface area contributed by atoms with E-state index in [1.807, 2.05) is 36.4 Å². The fraction of sp³-hybridized carbons (Fsp3) is 0.438. The molecule has 1 atom stereocenters. The van der Waals surface area contributed by atoms with Gasteiger partial charge in [-0.1, -0.05) is 0 Å². The second kappa shape index (κ2) is 9.15. The molecule has 9 heteroatoms. The van der Waals surface area contributed by atoms with E-state index in [2.05, 4.69) is 10.2 Å². The summed E-state index contributed by atoms with van der Waals surface area (Å²) in [5.74, 6) is 1.60. The summed E-state index contributed by atoms with van der Waals surface area (Å²) in [7, 11) is 0. The lowest BCUT2D eigenvalue weighted by molar-refractivity contribution is 0.340. The van der Waals surface area contributed by atoms with Crippen LogP contribution in [0.4, 0.5) is 0 Å². The van der Waals surface area contributed by atoms with Gasteiger partial charge in [0.05, 0.1) is 23.7 Å². The van der Waals surface area contributed by atoms with E-state index < -0.39 is 0 Å². The minimum absolute atomic E-state index is 0. The molecule has 0 radical (unpaired) electrons. The van der Waals surface area contributed by atoms with Gasteiger partial charge < -0.3 is 16.2 Å². The lowest BCUT2D eigenvalue weighted by atomic mass is 10.1. The van der Waals surface area contributed by atoms with Crippen LogP contribution in [0.2, 0.25) is 0 Å². The molecule has 0 bridgehead atoms. The van der Waals surface area contributed by atoms with Crippen LogP contribution in [0.5, 0.6) is 5.75 Å². The molecule has 0 amide bonds. The van der Waals surface area contributed by atoms with Gasteiger partial charge in [0, 0.05) is 6.07 Å². The summed E-state index contributed by atoms with van der Waals surface area (Å²) in [6, 6.07) is 5.62. The lowest BCUT2D eigenvalue weighted by Gasteiger charge is -2.14. The second-order valence-electron chi connectivity index (χ2n) is 5.52. The minimum Gasteiger partial charge on any atom is -0.494 e. The maximum atomic E-state index is 6.31. The van der Waals surface area contributed by atoms with E-state index in [0.717, 1.165) is 41.1 Å². The third-order valence-corrected chi connectivity index (χ3v) is 3.86. The number of fused-ring (bicyclic) bond motifs is 3. The molecule has 0 aliphatic carbocycles. The third-order valence-electron chi connectivity index (χ3n) is 3.86. The second-order valence-corrected chi connectivity index (χ2v) is 5.52. The number of aryl methyl sites for hydroxylation is 1. The first-order valence-electron chi connectivity index (χ1n) is 7.89. The van der Waals surface area contributed by atoms with Gasteiger partial charge in [-0.2, -0.15) is 0 Å². The number of benzene rings is 1. The maximum Gasteiger partial charge on any atom is 0.184 e. The van der Waals surface area contributed by atoms with Gasteiger partial charge in [-0.15, -0.1) is 35.0 Å². The molecule has 0 saturated carbocycles. The zero-order valence-electron chi connectivity index (χ0n) is 14.3. The summed E-state index contributed by atoms with van der Waals surface area (Å²) in [4.78, 5) is 4.74. The highest BCUT2D eigenvalue weighted by atomic mass is 35.5. The van der Waals surface area contributed by atoms with E-state index in [-0.39, 0.29) is 30.9 Å². The van der Waals surface area contributed by atoms with Gasteiger partial charge in [-0.05, 0) is 45.4 Å². The Morgan fingerprint density at radius 2 is 2.00 bits per heavy atom. The molecule has 7 nitrogen and oxygen atoms in total. The Bertz CT molecular complexity index is 838. The van der Waals surface area contributed by atoms with E-state index >= 15 is 0 Å². The van der Waals surface area contributed by atoms with Crippen LogP contribution in [0.25, 0.3) is 16.7 Å². The van der Waals surface area contributed by atoms with Crippen molar-refractivity contribution in [1.82, 2.24) is 19.6 Å². The molecule has 2 aromatic heterocycles. The smallest absolute Gasteiger partial charge is 0.184 e. The Morgan fingerprint density at radius 3 is 2.68 bits per heavy atom. The number of halogens is 2. The molecule has 1 aromatic carbocycles. The molecule has 3 aromatic rings. The van der Waals surface area contributed by atoms with Crippen LogP contribution in [0.1, 0.15) is 37.3 Å². The van der Waals surface area contributed by atoms with Crippen LogP contribution >= 0.6 is 24.8 Å². The molecular formula is C16H24Cl2N6O. The number of aromatic nitrogens is 4. The first-order chi connectivity index (χ1) is 11.2. The van der Waals surface area contributed by atoms with Crippen LogP contribution in [-0.2, 0) is 0 Å². The average Bonchev–Trinajstić information content (AvgIpc) is 2.94. The zero-order chi connectivity index (χ0) is 16.4. The number of hydrogen-bond acceptors (Lipinski definition) is 6. The summed E-state index contributed by atoms with van der Waals surface area (Å²) < 4.78 is 7.57. The van der Waals surface area contributed by atoms with E-state index in [4.69, 9.17) is 21.2 Å². The summed E-state index contributed by atoms with van der Waals surface area (Å²) in [6.07, 6.45) is 1.61. The van der Waals surface area contributed by atoms with Crippen molar-refractivity contribution in [2.45, 2.75) is 32.7 Å². The van der Waals surface area contributed by atoms with E-state index in [1.165, 1.54) is 0 Å². The van der Waals surface area contributed by atoms with Gasteiger partial charge in [0.1, 0.15) is 17.3 Å². The standard InChI is InChI=1S/C16H22N6O.2ClH/c1-3-23-11-6-7-14-13(9-11)19-15(12(18)5-4-8-17)16-21-20-10(2)22(14)16;;/h6-7,9,12H,3-5,8,17-18H2,1-2H3;2*1H. The van der Waals surface area contributed by atoms with Gasteiger partial charge in [0.15, 0.2) is 5.65 Å². The molecule has 0 spiro atoms. The van der Waals surface area contributed by atoms with Gasteiger partial charge >= 0.3 is 0 Å². The fourth-order valence-corrected chi connectivity index (χ4v) is 2.76. The van der Waals surface area contributed by atoms with Crippen LogP contribution < -0.4 is 16.2 Å². The number of ether oxygens (including phenoxy) is 1. The van der Waals surface area contributed by atoms with Gasteiger partial charge in [-0.25, -0.2) is 4.98 Å². The average molecular weight is 387 g/mol. The van der Waals surface area contributed by atoms with Crippen molar-refractivity contribution in [3.8, 4) is 5.75 Å². The van der Waals surface area contributed by atoms with Crippen LogP contribution in [0.3, 0.4) is 0 Å². The lowest BCUT2D eigenvalue weighted by Crippen LogP contribution is -2.16. The van der Waals surface area contributed by atoms with Gasteiger partial charge in [0.2, 0.25) is 0 Å². The van der Waals surface area contributed by atoms with E-state index in [0.29, 0.717) is 18.8 Å². The van der Waals surface area contributed by atoms with Crippen molar-refractivity contribution < 1.29 is 4.74 Å². The summed E-state index contributed by atoms with van der Waals surface area (Å²) in [5.41, 5.74) is 15.1. The van der Waals surface area contributed by atoms with Gasteiger partial charge in [-0.3, -0.25) is 4.40 Å². The Hall–Kier alpha value is -1.67. The molecule has 25 heavy (non-hydrogen) atoms. The van der Waals surface area contributed by atoms with E-state index in [1.54, 1.807) is 0 Å². The highest BCUT2D eigenvalue weighted by Crippen LogP contribution is 2.26. The number of nitrogens with zero attached hydrogens (tertiary/aromatic N) is 4. The van der Waals surface area contributed by atoms with Crippen LogP contribution in [-0.4, -0.2) is 32.7 Å². The Labute approximate surface area is 159 Å². The summed E-state index contributed by atoms with van der Waals surface area (Å²) >= 11 is 0. The third kappa shape index (κ3) is 4.12. The van der Waals surface area contributed by atoms with Crippen LogP contribution in [0.15, 0.2) is 18.2 Å². The van der Waals surface area contributed by atoms with Crippen molar-refractivity contribution in [2.24, 2.45) is 11.5 Å². The molecule has 1 unspecified atom stereocenters. The van der Waals surface area contributed by atoms with Crippen molar-refractivity contribution in [1.29, 1.82) is 0 Å². The summed E-state index contributed by atoms with van der Waals surface area (Å²) in [6.45, 7) is 5.10. The highest BCUT2D eigenvalue weighted by Gasteiger charge is 2.18. The zero-order valence-corrected chi connectivity index (χ0v) is 15.9. The molecular weight excluding hydrogens is 363 g/mol. The topological polar surface area (TPSA) is 104 Å². The molecule has 138 valence electrons. The highest BCUT2D eigenvalue weighted by molar-refractivity contribution is 5.85. The SMILES string of the molecule is CCOc1ccc2c(c1)nc(C(N)CCCN)c1nnc(C)n12.Cl.Cl. The van der Waals surface area contributed by atoms with Crippen molar-refractivity contribution in [3.63, 3.8) is 0 Å². The quantitative estimate of drug-likeness (QED) is 0.674. The molecule has 0 aliphatic heterocycles. The Kier molecular flexibility index (Phi) is 7.82. The summed E-state index contributed by atoms with van der Waals surface area (Å²) in [5, 5.41) is 8.45. The minimum atomic E-state index is -0.218. The first-order valence-corrected chi connectivity index (χ1v) is 7.89. The fourth-order valence-electron chi connectivity index (χ4n) is 2.76. The maximum absolute atomic E-state index is 6.31. The van der Waals surface area contributed by atoms with Gasteiger partial charge in [0.25, 0.3) is 0 Å². The number of rotatable bonds is 6. The predicted octanol–water partition coefficient (Wildman–Crippen LogP) is 2.57. The molecule has 2 heterocycles. The monoisotopic (exact) mass is 386 g/mol. The molecule has 0 fully saturated rings. The first kappa shape index (κ1) is 21.4. The number of hydrogen-bond donors (Lipinski definition) is 2. The Morgan fingerprint density at radius 1 is 1.24 bits per heavy atom. The Balaban J connectivity index is 0.00000156. The molecule has 0 saturated heterocycles. The predicted molar refractivity (Wildman–Crippen MR) is 104 cm³/mol.